The minimum absolute atomic E-state index is 0.219. The summed E-state index contributed by atoms with van der Waals surface area (Å²) in [6, 6.07) is 6.11. The van der Waals surface area contributed by atoms with Crippen LogP contribution in [-0.2, 0) is 9.59 Å². The predicted molar refractivity (Wildman–Crippen MR) is 75.9 cm³/mol. The van der Waals surface area contributed by atoms with Crippen LogP contribution in [0.1, 0.15) is 30.1 Å². The summed E-state index contributed by atoms with van der Waals surface area (Å²) >= 11 is 0. The minimum atomic E-state index is -0.657. The average molecular weight is 290 g/mol. The van der Waals surface area contributed by atoms with Crippen LogP contribution in [0.3, 0.4) is 0 Å². The van der Waals surface area contributed by atoms with E-state index in [9.17, 15) is 14.4 Å². The first kappa shape index (κ1) is 15.0. The Hall–Kier alpha value is -2.37. The van der Waals surface area contributed by atoms with E-state index >= 15 is 0 Å². The van der Waals surface area contributed by atoms with Gasteiger partial charge < -0.3 is 10.1 Å². The molecule has 1 atom stereocenters. The number of nitrogens with one attached hydrogen (secondary N) is 1. The SMILES string of the molecule is CCOc1cccc(C(=O)NC2CCC(=O)N(C)C2=O)c1. The van der Waals surface area contributed by atoms with Gasteiger partial charge in [-0.3, -0.25) is 19.3 Å². The van der Waals surface area contributed by atoms with Crippen molar-refractivity contribution in [2.45, 2.75) is 25.8 Å². The highest BCUT2D eigenvalue weighted by Crippen LogP contribution is 2.15. The third-order valence-corrected chi connectivity index (χ3v) is 3.36. The quantitative estimate of drug-likeness (QED) is 0.838. The smallest absolute Gasteiger partial charge is 0.252 e. The van der Waals surface area contributed by atoms with Gasteiger partial charge in [0.1, 0.15) is 11.8 Å². The van der Waals surface area contributed by atoms with Gasteiger partial charge in [0.2, 0.25) is 5.91 Å². The lowest BCUT2D eigenvalue weighted by Gasteiger charge is -2.28. The Morgan fingerprint density at radius 3 is 2.90 bits per heavy atom. The molecule has 0 aliphatic carbocycles. The number of ether oxygens (including phenoxy) is 1. The zero-order chi connectivity index (χ0) is 15.4. The lowest BCUT2D eigenvalue weighted by atomic mass is 10.0. The number of likely N-dealkylation sites (N-methyl/N-ethyl adjacent to an activating group) is 1. The van der Waals surface area contributed by atoms with Crippen LogP contribution in [0.15, 0.2) is 24.3 Å². The van der Waals surface area contributed by atoms with Gasteiger partial charge >= 0.3 is 0 Å². The Kier molecular flexibility index (Phi) is 4.57. The molecule has 1 aliphatic rings. The molecule has 0 spiro atoms. The zero-order valence-corrected chi connectivity index (χ0v) is 12.1. The second-order valence-electron chi connectivity index (χ2n) is 4.82. The monoisotopic (exact) mass is 290 g/mol. The molecule has 1 N–H and O–H groups in total. The standard InChI is InChI=1S/C15H18N2O4/c1-3-21-11-6-4-5-10(9-11)14(19)16-12-7-8-13(18)17(2)15(12)20/h4-6,9,12H,3,7-8H2,1-2H3,(H,16,19). The molecule has 1 aliphatic heterocycles. The van der Waals surface area contributed by atoms with Crippen molar-refractivity contribution in [2.75, 3.05) is 13.7 Å². The molecule has 6 heteroatoms. The fourth-order valence-electron chi connectivity index (χ4n) is 2.18. The molecule has 112 valence electrons. The fourth-order valence-corrected chi connectivity index (χ4v) is 2.18. The molecule has 1 unspecified atom stereocenters. The Labute approximate surface area is 123 Å². The molecule has 1 fully saturated rings. The molecular weight excluding hydrogens is 272 g/mol. The van der Waals surface area contributed by atoms with E-state index in [1.165, 1.54) is 7.05 Å². The van der Waals surface area contributed by atoms with Crippen molar-refractivity contribution >= 4 is 17.7 Å². The maximum absolute atomic E-state index is 12.2. The van der Waals surface area contributed by atoms with E-state index in [1.807, 2.05) is 6.92 Å². The van der Waals surface area contributed by atoms with Crippen LogP contribution < -0.4 is 10.1 Å². The third kappa shape index (κ3) is 3.39. The van der Waals surface area contributed by atoms with Gasteiger partial charge in [-0.25, -0.2) is 0 Å². The summed E-state index contributed by atoms with van der Waals surface area (Å²) in [4.78, 5) is 36.6. The fraction of sp³-hybridized carbons (Fsp3) is 0.400. The summed E-state index contributed by atoms with van der Waals surface area (Å²) in [6.45, 7) is 2.37. The first-order valence-corrected chi connectivity index (χ1v) is 6.87. The van der Waals surface area contributed by atoms with Gasteiger partial charge in [0.05, 0.1) is 6.61 Å². The van der Waals surface area contributed by atoms with E-state index in [-0.39, 0.29) is 24.1 Å². The summed E-state index contributed by atoms with van der Waals surface area (Å²) in [6.07, 6.45) is 0.588. The molecule has 0 aromatic heterocycles. The van der Waals surface area contributed by atoms with Crippen molar-refractivity contribution in [3.05, 3.63) is 29.8 Å². The van der Waals surface area contributed by atoms with Crippen LogP contribution in [0, 0.1) is 0 Å². The van der Waals surface area contributed by atoms with Gasteiger partial charge in [0, 0.05) is 19.0 Å². The summed E-state index contributed by atoms with van der Waals surface area (Å²) < 4.78 is 5.34. The first-order valence-electron chi connectivity index (χ1n) is 6.87. The van der Waals surface area contributed by atoms with Crippen molar-refractivity contribution in [2.24, 2.45) is 0 Å². The second kappa shape index (κ2) is 6.39. The highest BCUT2D eigenvalue weighted by atomic mass is 16.5. The number of hydrogen-bond acceptors (Lipinski definition) is 4. The van der Waals surface area contributed by atoms with Gasteiger partial charge in [0.15, 0.2) is 0 Å². The summed E-state index contributed by atoms with van der Waals surface area (Å²) in [5, 5.41) is 2.67. The van der Waals surface area contributed by atoms with Crippen LogP contribution >= 0.6 is 0 Å². The van der Waals surface area contributed by atoms with Gasteiger partial charge in [-0.2, -0.15) is 0 Å². The first-order chi connectivity index (χ1) is 10.0. The number of rotatable bonds is 4. The van der Waals surface area contributed by atoms with Gasteiger partial charge in [0.25, 0.3) is 11.8 Å². The number of hydrogen-bond donors (Lipinski definition) is 1. The second-order valence-corrected chi connectivity index (χ2v) is 4.82. The van der Waals surface area contributed by atoms with Crippen LogP contribution in [-0.4, -0.2) is 42.3 Å². The normalized spacial score (nSPS) is 18.6. The van der Waals surface area contributed by atoms with E-state index in [4.69, 9.17) is 4.74 Å². The number of carbonyl (C=O) groups is 3. The van der Waals surface area contributed by atoms with E-state index in [0.29, 0.717) is 24.3 Å². The van der Waals surface area contributed by atoms with Crippen molar-refractivity contribution in [1.29, 1.82) is 0 Å². The number of imide groups is 1. The summed E-state index contributed by atoms with van der Waals surface area (Å²) in [7, 11) is 1.43. The number of nitrogens with zero attached hydrogens (tertiary/aromatic N) is 1. The van der Waals surface area contributed by atoms with Crippen LogP contribution in [0.2, 0.25) is 0 Å². The molecule has 21 heavy (non-hydrogen) atoms. The maximum atomic E-state index is 12.2. The number of likely N-dealkylation sites (tertiary alicyclic amines) is 1. The largest absolute Gasteiger partial charge is 0.494 e. The molecule has 6 nitrogen and oxygen atoms in total. The molecule has 3 amide bonds. The van der Waals surface area contributed by atoms with E-state index in [2.05, 4.69) is 5.32 Å². The van der Waals surface area contributed by atoms with Crippen molar-refractivity contribution in [3.63, 3.8) is 0 Å². The molecule has 0 saturated carbocycles. The maximum Gasteiger partial charge on any atom is 0.252 e. The van der Waals surface area contributed by atoms with Crippen molar-refractivity contribution in [3.8, 4) is 5.75 Å². The Bertz CT molecular complexity index is 571. The molecule has 1 aromatic carbocycles. The number of carbonyl (C=O) groups excluding carboxylic acids is 3. The zero-order valence-electron chi connectivity index (χ0n) is 12.1. The number of piperidine rings is 1. The molecule has 0 bridgehead atoms. The van der Waals surface area contributed by atoms with Crippen LogP contribution in [0.25, 0.3) is 0 Å². The van der Waals surface area contributed by atoms with Gasteiger partial charge in [-0.1, -0.05) is 6.07 Å². The highest BCUT2D eigenvalue weighted by molar-refractivity contribution is 6.03. The molecule has 1 aromatic rings. The predicted octanol–water partition coefficient (Wildman–Crippen LogP) is 0.962. The number of benzene rings is 1. The summed E-state index contributed by atoms with van der Waals surface area (Å²) in [5.74, 6) is -0.338. The Morgan fingerprint density at radius 2 is 2.19 bits per heavy atom. The van der Waals surface area contributed by atoms with Crippen molar-refractivity contribution < 1.29 is 19.1 Å². The van der Waals surface area contributed by atoms with Crippen molar-refractivity contribution in [1.82, 2.24) is 10.2 Å². The number of amides is 3. The molecule has 1 saturated heterocycles. The van der Waals surface area contributed by atoms with E-state index < -0.39 is 6.04 Å². The lowest BCUT2D eigenvalue weighted by molar-refractivity contribution is -0.147. The van der Waals surface area contributed by atoms with E-state index in [0.717, 1.165) is 4.90 Å². The van der Waals surface area contributed by atoms with Gasteiger partial charge in [-0.15, -0.1) is 0 Å². The third-order valence-electron chi connectivity index (χ3n) is 3.36. The van der Waals surface area contributed by atoms with Gasteiger partial charge in [-0.05, 0) is 31.5 Å². The lowest BCUT2D eigenvalue weighted by Crippen LogP contribution is -2.52. The molecular formula is C15H18N2O4. The Morgan fingerprint density at radius 1 is 1.43 bits per heavy atom. The molecule has 2 rings (SSSR count). The van der Waals surface area contributed by atoms with E-state index in [1.54, 1.807) is 24.3 Å². The average Bonchev–Trinajstić information content (AvgIpc) is 2.48. The Balaban J connectivity index is 2.06. The minimum Gasteiger partial charge on any atom is -0.494 e. The molecule has 0 radical (unpaired) electrons. The highest BCUT2D eigenvalue weighted by Gasteiger charge is 2.32. The summed E-state index contributed by atoms with van der Waals surface area (Å²) in [5.41, 5.74) is 0.424. The topological polar surface area (TPSA) is 75.7 Å². The van der Waals surface area contributed by atoms with Crippen LogP contribution in [0.4, 0.5) is 0 Å². The van der Waals surface area contributed by atoms with Crippen LogP contribution in [0.5, 0.6) is 5.75 Å². The molecule has 1 heterocycles.